The predicted octanol–water partition coefficient (Wildman–Crippen LogP) is 3.44. The quantitative estimate of drug-likeness (QED) is 0.785. The highest BCUT2D eigenvalue weighted by molar-refractivity contribution is 6.42. The molecule has 14 heavy (non-hydrogen) atoms. The normalized spacial score (nSPS) is 28.9. The first-order valence-corrected chi connectivity index (χ1v) is 5.41. The third kappa shape index (κ3) is 1.35. The average Bonchev–Trinajstić information content (AvgIpc) is 2.59. The fourth-order valence-corrected chi connectivity index (χ4v) is 2.46. The molecular weight excluding hydrogens is 217 g/mol. The Morgan fingerprint density at radius 2 is 1.86 bits per heavy atom. The molecule has 0 heterocycles. The second-order valence-corrected chi connectivity index (χ2v) is 5.25. The molecule has 0 saturated heterocycles. The number of benzene rings is 1. The van der Waals surface area contributed by atoms with Crippen molar-refractivity contribution in [2.45, 2.75) is 25.8 Å². The largest absolute Gasteiger partial charge is 0.327 e. The monoisotopic (exact) mass is 229 g/mol. The van der Waals surface area contributed by atoms with Gasteiger partial charge in [0.2, 0.25) is 0 Å². The van der Waals surface area contributed by atoms with Crippen LogP contribution in [-0.2, 0) is 0 Å². The molecule has 0 spiro atoms. The summed E-state index contributed by atoms with van der Waals surface area (Å²) in [5, 5.41) is 1.26. The Kier molecular flexibility index (Phi) is 2.30. The van der Waals surface area contributed by atoms with Gasteiger partial charge < -0.3 is 5.73 Å². The third-order valence-electron chi connectivity index (χ3n) is 3.23. The van der Waals surface area contributed by atoms with Crippen molar-refractivity contribution in [1.82, 2.24) is 0 Å². The summed E-state index contributed by atoms with van der Waals surface area (Å²) in [6.45, 7) is 4.30. The molecule has 3 heteroatoms. The van der Waals surface area contributed by atoms with E-state index in [0.717, 1.165) is 5.56 Å². The fourth-order valence-electron chi connectivity index (χ4n) is 2.03. The van der Waals surface area contributed by atoms with E-state index < -0.39 is 0 Å². The number of rotatable bonds is 1. The maximum Gasteiger partial charge on any atom is 0.0627 e. The molecule has 0 radical (unpaired) electrons. The number of nitrogens with two attached hydrogens (primary N) is 1. The van der Waals surface area contributed by atoms with E-state index in [2.05, 4.69) is 13.8 Å². The average molecular weight is 230 g/mol. The van der Waals surface area contributed by atoms with Crippen molar-refractivity contribution in [3.63, 3.8) is 0 Å². The summed E-state index contributed by atoms with van der Waals surface area (Å²) in [4.78, 5) is 0. The fraction of sp³-hybridized carbons (Fsp3) is 0.455. The van der Waals surface area contributed by atoms with Gasteiger partial charge in [-0.3, -0.25) is 0 Å². The Labute approximate surface area is 94.2 Å². The van der Waals surface area contributed by atoms with Crippen LogP contribution < -0.4 is 5.73 Å². The zero-order valence-electron chi connectivity index (χ0n) is 8.22. The molecule has 1 nitrogen and oxygen atoms in total. The molecule has 0 bridgehead atoms. The topological polar surface area (TPSA) is 26.0 Å². The molecule has 1 aromatic carbocycles. The van der Waals surface area contributed by atoms with Gasteiger partial charge in [-0.1, -0.05) is 49.2 Å². The van der Waals surface area contributed by atoms with E-state index in [0.29, 0.717) is 16.0 Å². The van der Waals surface area contributed by atoms with E-state index in [9.17, 15) is 0 Å². The van der Waals surface area contributed by atoms with Gasteiger partial charge >= 0.3 is 0 Å². The van der Waals surface area contributed by atoms with Crippen molar-refractivity contribution in [3.8, 4) is 0 Å². The van der Waals surface area contributed by atoms with Crippen LogP contribution in [0.25, 0.3) is 0 Å². The minimum absolute atomic E-state index is 0.147. The van der Waals surface area contributed by atoms with E-state index in [-0.39, 0.29) is 11.5 Å². The zero-order valence-corrected chi connectivity index (χ0v) is 9.73. The van der Waals surface area contributed by atoms with Gasteiger partial charge in [-0.15, -0.1) is 0 Å². The van der Waals surface area contributed by atoms with Crippen LogP contribution in [0.15, 0.2) is 18.2 Å². The highest BCUT2D eigenvalue weighted by atomic mass is 35.5. The lowest BCUT2D eigenvalue weighted by Crippen LogP contribution is -2.06. The molecule has 1 saturated carbocycles. The van der Waals surface area contributed by atoms with Gasteiger partial charge in [0.1, 0.15) is 0 Å². The smallest absolute Gasteiger partial charge is 0.0627 e. The van der Waals surface area contributed by atoms with Crippen molar-refractivity contribution in [2.75, 3.05) is 0 Å². The lowest BCUT2D eigenvalue weighted by Gasteiger charge is -2.06. The number of halogens is 2. The maximum atomic E-state index is 6.13. The Balaban J connectivity index is 2.40. The van der Waals surface area contributed by atoms with Crippen LogP contribution in [-0.4, -0.2) is 6.04 Å². The first-order valence-electron chi connectivity index (χ1n) is 4.65. The van der Waals surface area contributed by atoms with Crippen LogP contribution in [0, 0.1) is 5.41 Å². The van der Waals surface area contributed by atoms with Crippen molar-refractivity contribution < 1.29 is 0 Å². The third-order valence-corrected chi connectivity index (χ3v) is 4.06. The van der Waals surface area contributed by atoms with E-state index in [4.69, 9.17) is 28.9 Å². The maximum absolute atomic E-state index is 6.13. The number of hydrogen-bond acceptors (Lipinski definition) is 1. The summed E-state index contributed by atoms with van der Waals surface area (Å²) < 4.78 is 0. The van der Waals surface area contributed by atoms with Crippen molar-refractivity contribution >= 4 is 23.2 Å². The molecule has 1 aromatic rings. The molecule has 1 aliphatic carbocycles. The number of hydrogen-bond donors (Lipinski definition) is 1. The molecule has 0 aromatic heterocycles. The van der Waals surface area contributed by atoms with Crippen LogP contribution in [0.4, 0.5) is 0 Å². The minimum Gasteiger partial charge on any atom is -0.327 e. The van der Waals surface area contributed by atoms with Gasteiger partial charge in [0.15, 0.2) is 0 Å². The molecule has 1 aliphatic rings. The summed E-state index contributed by atoms with van der Waals surface area (Å²) in [5.74, 6) is 0.341. The Morgan fingerprint density at radius 3 is 2.36 bits per heavy atom. The molecular formula is C11H13Cl2N. The van der Waals surface area contributed by atoms with E-state index in [1.807, 2.05) is 12.1 Å². The Hall–Kier alpha value is -0.240. The van der Waals surface area contributed by atoms with Gasteiger partial charge in [0, 0.05) is 12.0 Å². The summed E-state index contributed by atoms with van der Waals surface area (Å²) in [5.41, 5.74) is 7.22. The minimum atomic E-state index is 0.147. The highest BCUT2D eigenvalue weighted by Gasteiger charge is 2.56. The zero-order chi connectivity index (χ0) is 10.5. The Morgan fingerprint density at radius 1 is 1.29 bits per heavy atom. The van der Waals surface area contributed by atoms with Crippen molar-refractivity contribution in [1.29, 1.82) is 0 Å². The standard InChI is InChI=1S/C11H13Cl2N/c1-11(2)8(10(11)14)6-4-3-5-7(12)9(6)13/h3-5,8,10H,14H2,1-2H3. The van der Waals surface area contributed by atoms with Crippen LogP contribution in [0.5, 0.6) is 0 Å². The summed E-state index contributed by atoms with van der Waals surface area (Å²) in [6, 6.07) is 5.92. The van der Waals surface area contributed by atoms with Crippen LogP contribution >= 0.6 is 23.2 Å². The molecule has 1 fully saturated rings. The first kappa shape index (κ1) is 10.3. The van der Waals surface area contributed by atoms with Gasteiger partial charge in [-0.2, -0.15) is 0 Å². The highest BCUT2D eigenvalue weighted by Crippen LogP contribution is 2.59. The van der Waals surface area contributed by atoms with E-state index in [1.165, 1.54) is 0 Å². The summed E-state index contributed by atoms with van der Waals surface area (Å²) in [6.07, 6.45) is 0. The lowest BCUT2D eigenvalue weighted by atomic mass is 10.0. The molecule has 2 rings (SSSR count). The van der Waals surface area contributed by atoms with Gasteiger partial charge in [-0.05, 0) is 17.0 Å². The molecule has 0 amide bonds. The molecule has 76 valence electrons. The van der Waals surface area contributed by atoms with Crippen molar-refractivity contribution in [2.24, 2.45) is 11.1 Å². The summed E-state index contributed by atoms with van der Waals surface area (Å²) >= 11 is 12.1. The second-order valence-electron chi connectivity index (χ2n) is 4.47. The van der Waals surface area contributed by atoms with Crippen LogP contribution in [0.1, 0.15) is 25.3 Å². The van der Waals surface area contributed by atoms with Crippen molar-refractivity contribution in [3.05, 3.63) is 33.8 Å². The van der Waals surface area contributed by atoms with E-state index in [1.54, 1.807) is 6.07 Å². The predicted molar refractivity (Wildman–Crippen MR) is 61.0 cm³/mol. The molecule has 2 N–H and O–H groups in total. The molecule has 2 atom stereocenters. The SMILES string of the molecule is CC1(C)C(N)C1c1cccc(Cl)c1Cl. The lowest BCUT2D eigenvalue weighted by molar-refractivity contribution is 0.599. The molecule has 0 aliphatic heterocycles. The van der Waals surface area contributed by atoms with Gasteiger partial charge in [0.25, 0.3) is 0 Å². The summed E-state index contributed by atoms with van der Waals surface area (Å²) in [7, 11) is 0. The van der Waals surface area contributed by atoms with Crippen LogP contribution in [0.2, 0.25) is 10.0 Å². The molecule has 2 unspecified atom stereocenters. The second kappa shape index (κ2) is 3.13. The van der Waals surface area contributed by atoms with Gasteiger partial charge in [0.05, 0.1) is 10.0 Å². The van der Waals surface area contributed by atoms with Gasteiger partial charge in [-0.25, -0.2) is 0 Å². The first-order chi connectivity index (χ1) is 6.46. The van der Waals surface area contributed by atoms with Crippen LogP contribution in [0.3, 0.4) is 0 Å². The van der Waals surface area contributed by atoms with E-state index >= 15 is 0 Å². The Bertz CT molecular complexity index is 374.